The fourth-order valence-electron chi connectivity index (χ4n) is 3.32. The first-order valence-electron chi connectivity index (χ1n) is 8.89. The molecule has 5 nitrogen and oxygen atoms in total. The summed E-state index contributed by atoms with van der Waals surface area (Å²) in [6, 6.07) is 11.5. The Kier molecular flexibility index (Phi) is 5.53. The van der Waals surface area contributed by atoms with Gasteiger partial charge >= 0.3 is 0 Å². The Morgan fingerprint density at radius 2 is 2.08 bits per heavy atom. The minimum absolute atomic E-state index is 0.396. The van der Waals surface area contributed by atoms with E-state index in [1.165, 1.54) is 11.1 Å². The average Bonchev–Trinajstić information content (AvgIpc) is 3.06. The van der Waals surface area contributed by atoms with Crippen LogP contribution in [0.3, 0.4) is 0 Å². The highest BCUT2D eigenvalue weighted by atomic mass is 15.3. The van der Waals surface area contributed by atoms with Crippen molar-refractivity contribution in [3.63, 3.8) is 0 Å². The van der Waals surface area contributed by atoms with Crippen molar-refractivity contribution in [3.05, 3.63) is 47.7 Å². The lowest BCUT2D eigenvalue weighted by Gasteiger charge is -2.28. The number of hydrogen-bond donors (Lipinski definition) is 2. The van der Waals surface area contributed by atoms with Gasteiger partial charge in [0.1, 0.15) is 5.82 Å². The fraction of sp³-hybridized carbons (Fsp3) is 0.526. The molecule has 5 heteroatoms. The third-order valence-electron chi connectivity index (χ3n) is 4.89. The molecule has 0 spiro atoms. The molecule has 0 amide bonds. The highest BCUT2D eigenvalue weighted by Crippen LogP contribution is 2.19. The highest BCUT2D eigenvalue weighted by molar-refractivity contribution is 5.35. The minimum atomic E-state index is 0.396. The van der Waals surface area contributed by atoms with Gasteiger partial charge in [0.2, 0.25) is 0 Å². The lowest BCUT2D eigenvalue weighted by atomic mass is 10.0. The number of nitrogens with one attached hydrogen (secondary N) is 2. The van der Waals surface area contributed by atoms with Gasteiger partial charge in [-0.1, -0.05) is 31.2 Å². The van der Waals surface area contributed by atoms with E-state index in [-0.39, 0.29) is 0 Å². The third kappa shape index (κ3) is 3.97. The third-order valence-corrected chi connectivity index (χ3v) is 4.89. The van der Waals surface area contributed by atoms with Crippen molar-refractivity contribution in [3.8, 4) is 0 Å². The number of likely N-dealkylation sites (N-methyl/N-ethyl adjacent to an activating group) is 1. The van der Waals surface area contributed by atoms with E-state index in [0.717, 1.165) is 38.4 Å². The van der Waals surface area contributed by atoms with Crippen LogP contribution in [0.5, 0.6) is 0 Å². The SMILES string of the molecule is CCc1ccc([C@@H](CNC[C@@H]2CNc3ccnn3C2)N(C)C)cc1. The Morgan fingerprint density at radius 3 is 2.79 bits per heavy atom. The van der Waals surface area contributed by atoms with E-state index in [4.69, 9.17) is 0 Å². The lowest BCUT2D eigenvalue weighted by Crippen LogP contribution is -2.38. The second-order valence-electron chi connectivity index (χ2n) is 6.88. The molecule has 130 valence electrons. The molecule has 3 rings (SSSR count). The van der Waals surface area contributed by atoms with E-state index >= 15 is 0 Å². The predicted molar refractivity (Wildman–Crippen MR) is 99.3 cm³/mol. The van der Waals surface area contributed by atoms with Crippen LogP contribution < -0.4 is 10.6 Å². The molecule has 1 aliphatic rings. The summed E-state index contributed by atoms with van der Waals surface area (Å²) in [5.41, 5.74) is 2.77. The quantitative estimate of drug-likeness (QED) is 0.820. The van der Waals surface area contributed by atoms with E-state index in [2.05, 4.69) is 70.6 Å². The Bertz CT molecular complexity index is 631. The van der Waals surface area contributed by atoms with Crippen LogP contribution in [-0.4, -0.2) is 48.4 Å². The maximum Gasteiger partial charge on any atom is 0.124 e. The molecule has 2 aromatic rings. The molecule has 1 aliphatic heterocycles. The van der Waals surface area contributed by atoms with Gasteiger partial charge < -0.3 is 15.5 Å². The normalized spacial score (nSPS) is 18.2. The average molecular weight is 327 g/mol. The maximum atomic E-state index is 4.36. The standard InChI is InChI=1S/C19H29N5/c1-4-15-5-7-17(8-6-15)18(23(2)3)13-20-11-16-12-21-19-9-10-22-24(19)14-16/h5-10,16,18,20-21H,4,11-14H2,1-3H3/t16-,18-/m1/s1. The van der Waals surface area contributed by atoms with Gasteiger partial charge in [-0.05, 0) is 31.6 Å². The van der Waals surface area contributed by atoms with Gasteiger partial charge in [0.25, 0.3) is 0 Å². The van der Waals surface area contributed by atoms with Gasteiger partial charge in [-0.25, -0.2) is 4.68 Å². The molecule has 2 heterocycles. The first kappa shape index (κ1) is 17.0. The molecule has 1 aromatic heterocycles. The van der Waals surface area contributed by atoms with Crippen molar-refractivity contribution >= 4 is 5.82 Å². The second kappa shape index (κ2) is 7.81. The van der Waals surface area contributed by atoms with Crippen LogP contribution in [0.15, 0.2) is 36.5 Å². The molecule has 24 heavy (non-hydrogen) atoms. The van der Waals surface area contributed by atoms with E-state index in [0.29, 0.717) is 12.0 Å². The summed E-state index contributed by atoms with van der Waals surface area (Å²) in [5, 5.41) is 11.5. The summed E-state index contributed by atoms with van der Waals surface area (Å²) in [4.78, 5) is 2.29. The summed E-state index contributed by atoms with van der Waals surface area (Å²) < 4.78 is 2.06. The molecule has 0 fully saturated rings. The van der Waals surface area contributed by atoms with Crippen LogP contribution >= 0.6 is 0 Å². The van der Waals surface area contributed by atoms with Crippen LogP contribution in [0.1, 0.15) is 24.1 Å². The van der Waals surface area contributed by atoms with Crippen LogP contribution in [0.2, 0.25) is 0 Å². The van der Waals surface area contributed by atoms with E-state index in [9.17, 15) is 0 Å². The minimum Gasteiger partial charge on any atom is -0.370 e. The van der Waals surface area contributed by atoms with Crippen molar-refractivity contribution in [1.29, 1.82) is 0 Å². The Balaban J connectivity index is 1.53. The molecule has 0 saturated carbocycles. The van der Waals surface area contributed by atoms with Crippen molar-refractivity contribution in [1.82, 2.24) is 20.0 Å². The van der Waals surface area contributed by atoms with Crippen molar-refractivity contribution in [2.45, 2.75) is 25.9 Å². The van der Waals surface area contributed by atoms with Crippen LogP contribution in [0.25, 0.3) is 0 Å². The summed E-state index contributed by atoms with van der Waals surface area (Å²) in [6.07, 6.45) is 2.95. The smallest absolute Gasteiger partial charge is 0.124 e. The zero-order valence-electron chi connectivity index (χ0n) is 15.0. The fourth-order valence-corrected chi connectivity index (χ4v) is 3.32. The van der Waals surface area contributed by atoms with Gasteiger partial charge in [-0.3, -0.25) is 0 Å². The van der Waals surface area contributed by atoms with Crippen molar-refractivity contribution < 1.29 is 0 Å². The van der Waals surface area contributed by atoms with E-state index in [1.807, 2.05) is 12.3 Å². The first-order valence-corrected chi connectivity index (χ1v) is 8.89. The summed E-state index contributed by atoms with van der Waals surface area (Å²) in [6.45, 7) is 6.16. The van der Waals surface area contributed by atoms with E-state index < -0.39 is 0 Å². The number of anilines is 1. The number of aromatic nitrogens is 2. The van der Waals surface area contributed by atoms with Gasteiger partial charge in [-0.15, -0.1) is 0 Å². The highest BCUT2D eigenvalue weighted by Gasteiger charge is 2.19. The Labute approximate surface area is 145 Å². The zero-order chi connectivity index (χ0) is 16.9. The molecular formula is C19H29N5. The molecule has 0 saturated heterocycles. The largest absolute Gasteiger partial charge is 0.370 e. The number of fused-ring (bicyclic) bond motifs is 1. The zero-order valence-corrected chi connectivity index (χ0v) is 15.0. The summed E-state index contributed by atoms with van der Waals surface area (Å²) in [5.74, 6) is 1.70. The molecule has 1 aromatic carbocycles. The molecule has 0 bridgehead atoms. The van der Waals surface area contributed by atoms with Crippen LogP contribution in [-0.2, 0) is 13.0 Å². The van der Waals surface area contributed by atoms with Crippen LogP contribution in [0.4, 0.5) is 5.82 Å². The maximum absolute atomic E-state index is 4.36. The number of nitrogens with zero attached hydrogens (tertiary/aromatic N) is 3. The molecule has 0 radical (unpaired) electrons. The summed E-state index contributed by atoms with van der Waals surface area (Å²) >= 11 is 0. The summed E-state index contributed by atoms with van der Waals surface area (Å²) in [7, 11) is 4.30. The first-order chi connectivity index (χ1) is 11.7. The van der Waals surface area contributed by atoms with Gasteiger partial charge in [0.15, 0.2) is 0 Å². The van der Waals surface area contributed by atoms with Gasteiger partial charge in [-0.2, -0.15) is 5.10 Å². The molecular weight excluding hydrogens is 298 g/mol. The predicted octanol–water partition coefficient (Wildman–Crippen LogP) is 2.38. The monoisotopic (exact) mass is 327 g/mol. The number of aryl methyl sites for hydroxylation is 1. The molecule has 0 aliphatic carbocycles. The number of benzene rings is 1. The van der Waals surface area contributed by atoms with Crippen molar-refractivity contribution in [2.75, 3.05) is 39.0 Å². The topological polar surface area (TPSA) is 45.1 Å². The second-order valence-corrected chi connectivity index (χ2v) is 6.88. The van der Waals surface area contributed by atoms with Crippen molar-refractivity contribution in [2.24, 2.45) is 5.92 Å². The number of hydrogen-bond acceptors (Lipinski definition) is 4. The molecule has 2 atom stereocenters. The van der Waals surface area contributed by atoms with Gasteiger partial charge in [0.05, 0.1) is 6.20 Å². The number of rotatable bonds is 7. The molecule has 0 unspecified atom stereocenters. The van der Waals surface area contributed by atoms with Gasteiger partial charge in [0, 0.05) is 44.2 Å². The molecule has 2 N–H and O–H groups in total. The lowest BCUT2D eigenvalue weighted by molar-refractivity contribution is 0.279. The van der Waals surface area contributed by atoms with E-state index in [1.54, 1.807) is 0 Å². The Hall–Kier alpha value is -1.85. The van der Waals surface area contributed by atoms with Crippen LogP contribution in [0, 0.1) is 5.92 Å². The Morgan fingerprint density at radius 1 is 1.29 bits per heavy atom.